The number of nitrogens with zero attached hydrogens (tertiary/aromatic N) is 5. The minimum atomic E-state index is -0.145. The summed E-state index contributed by atoms with van der Waals surface area (Å²) in [5.41, 5.74) is 2.23. The molecule has 3 heterocycles. The van der Waals surface area contributed by atoms with Crippen LogP contribution in [0.2, 0.25) is 0 Å². The molecule has 1 saturated heterocycles. The number of aromatic nitrogens is 4. The van der Waals surface area contributed by atoms with E-state index in [4.69, 9.17) is 9.97 Å². The molecule has 1 aliphatic carbocycles. The van der Waals surface area contributed by atoms with Crippen LogP contribution in [0.3, 0.4) is 0 Å². The van der Waals surface area contributed by atoms with Crippen molar-refractivity contribution in [1.29, 1.82) is 0 Å². The van der Waals surface area contributed by atoms with Gasteiger partial charge in [-0.15, -0.1) is 0 Å². The molecule has 1 atom stereocenters. The molecule has 1 amide bonds. The molecule has 2 aromatic heterocycles. The molecule has 0 bridgehead atoms. The van der Waals surface area contributed by atoms with Gasteiger partial charge in [0.25, 0.3) is 0 Å². The number of H-pyrrole nitrogens is 1. The highest BCUT2D eigenvalue weighted by atomic mass is 16.2. The van der Waals surface area contributed by atoms with Crippen LogP contribution >= 0.6 is 0 Å². The zero-order valence-corrected chi connectivity index (χ0v) is 18.2. The van der Waals surface area contributed by atoms with E-state index in [1.54, 1.807) is 13.1 Å². The summed E-state index contributed by atoms with van der Waals surface area (Å²) in [7, 11) is 2.07. The lowest BCUT2D eigenvalue weighted by atomic mass is 9.77. The molecule has 1 N–H and O–H groups in total. The highest BCUT2D eigenvalue weighted by Crippen LogP contribution is 2.47. The Morgan fingerprint density at radius 1 is 1.31 bits per heavy atom. The minimum Gasteiger partial charge on any atom is -0.352 e. The Labute approximate surface area is 173 Å². The molecule has 156 valence electrons. The van der Waals surface area contributed by atoms with Gasteiger partial charge in [0.15, 0.2) is 0 Å². The van der Waals surface area contributed by atoms with E-state index in [1.165, 1.54) is 11.3 Å². The fourth-order valence-corrected chi connectivity index (χ4v) is 4.76. The van der Waals surface area contributed by atoms with Crippen molar-refractivity contribution in [2.75, 3.05) is 25.0 Å². The molecule has 2 aliphatic rings. The highest BCUT2D eigenvalue weighted by molar-refractivity contribution is 5.73. The van der Waals surface area contributed by atoms with Gasteiger partial charge in [-0.3, -0.25) is 4.79 Å². The summed E-state index contributed by atoms with van der Waals surface area (Å²) in [4.78, 5) is 34.0. The van der Waals surface area contributed by atoms with Gasteiger partial charge in [0, 0.05) is 55.8 Å². The maximum Gasteiger partial charge on any atom is 0.219 e. The van der Waals surface area contributed by atoms with Crippen LogP contribution in [0, 0.1) is 0 Å². The van der Waals surface area contributed by atoms with Gasteiger partial charge in [0.1, 0.15) is 17.5 Å². The first kappa shape index (κ1) is 19.9. The van der Waals surface area contributed by atoms with Crippen LogP contribution in [-0.4, -0.2) is 50.9 Å². The van der Waals surface area contributed by atoms with E-state index < -0.39 is 0 Å². The van der Waals surface area contributed by atoms with E-state index in [1.807, 2.05) is 11.1 Å². The third kappa shape index (κ3) is 3.63. The van der Waals surface area contributed by atoms with Crippen LogP contribution in [0.1, 0.15) is 69.9 Å². The number of carbonyl (C=O) groups is 1. The number of hydrogen-bond acceptors (Lipinski definition) is 5. The van der Waals surface area contributed by atoms with E-state index >= 15 is 0 Å². The van der Waals surface area contributed by atoms with E-state index in [9.17, 15) is 4.79 Å². The summed E-state index contributed by atoms with van der Waals surface area (Å²) in [6.07, 6.45) is 7.75. The summed E-state index contributed by atoms with van der Waals surface area (Å²) in [6, 6.07) is 0. The predicted octanol–water partition coefficient (Wildman–Crippen LogP) is 2.96. The summed E-state index contributed by atoms with van der Waals surface area (Å²) in [5, 5.41) is 0. The molecular formula is C22H32N6O. The summed E-state index contributed by atoms with van der Waals surface area (Å²) < 4.78 is 0. The lowest BCUT2D eigenvalue weighted by molar-refractivity contribution is -0.131. The first-order chi connectivity index (χ1) is 13.7. The van der Waals surface area contributed by atoms with Crippen LogP contribution in [0.25, 0.3) is 0 Å². The number of likely N-dealkylation sites (tertiary alicyclic amines) is 1. The number of rotatable bonds is 3. The van der Waals surface area contributed by atoms with Crippen molar-refractivity contribution in [3.8, 4) is 0 Å². The molecule has 1 aliphatic heterocycles. The van der Waals surface area contributed by atoms with Gasteiger partial charge in [-0.2, -0.15) is 0 Å². The number of aromatic amines is 1. The van der Waals surface area contributed by atoms with Crippen molar-refractivity contribution in [1.82, 2.24) is 24.8 Å². The van der Waals surface area contributed by atoms with Crippen LogP contribution in [-0.2, 0) is 28.6 Å². The average molecular weight is 397 g/mol. The number of hydrogen-bond donors (Lipinski definition) is 1. The van der Waals surface area contributed by atoms with Gasteiger partial charge in [-0.25, -0.2) is 15.0 Å². The maximum atomic E-state index is 12.1. The second kappa shape index (κ2) is 7.11. The Balaban J connectivity index is 1.78. The number of piperidine rings is 1. The third-order valence-corrected chi connectivity index (χ3v) is 6.34. The van der Waals surface area contributed by atoms with Crippen molar-refractivity contribution in [2.24, 2.45) is 0 Å². The Morgan fingerprint density at radius 2 is 2.10 bits per heavy atom. The first-order valence-corrected chi connectivity index (χ1v) is 10.6. The molecule has 0 radical (unpaired) electrons. The van der Waals surface area contributed by atoms with E-state index in [0.717, 1.165) is 56.2 Å². The van der Waals surface area contributed by atoms with Crippen molar-refractivity contribution >= 4 is 11.7 Å². The molecule has 7 nitrogen and oxygen atoms in total. The van der Waals surface area contributed by atoms with Gasteiger partial charge in [0.05, 0.1) is 12.2 Å². The molecule has 1 spiro atoms. The second-order valence-corrected chi connectivity index (χ2v) is 9.66. The number of amides is 1. The standard InChI is InChI=1S/C22H32N6O/c1-15(29)28-12-6-8-22(14-28)9-7-16-18(22)25-20(21(2,3)4)26-19(16)27(5)13-17-23-10-11-24-17/h10-11H,6-9,12-14H2,1-5H3,(H,23,24). The van der Waals surface area contributed by atoms with Crippen LogP contribution < -0.4 is 4.90 Å². The number of carbonyl (C=O) groups excluding carboxylic acids is 1. The van der Waals surface area contributed by atoms with Gasteiger partial charge in [-0.05, 0) is 25.7 Å². The largest absolute Gasteiger partial charge is 0.352 e. The number of nitrogens with one attached hydrogen (secondary N) is 1. The fourth-order valence-electron chi connectivity index (χ4n) is 4.76. The van der Waals surface area contributed by atoms with Crippen molar-refractivity contribution in [3.05, 3.63) is 35.3 Å². The van der Waals surface area contributed by atoms with Gasteiger partial charge in [0.2, 0.25) is 5.91 Å². The monoisotopic (exact) mass is 396 g/mol. The lowest BCUT2D eigenvalue weighted by Crippen LogP contribution is -2.47. The topological polar surface area (TPSA) is 78.0 Å². The minimum absolute atomic E-state index is 0.0392. The van der Waals surface area contributed by atoms with Crippen molar-refractivity contribution in [2.45, 2.75) is 70.8 Å². The van der Waals surface area contributed by atoms with E-state index in [-0.39, 0.29) is 16.7 Å². The maximum absolute atomic E-state index is 12.1. The van der Waals surface area contributed by atoms with Gasteiger partial charge >= 0.3 is 0 Å². The molecule has 0 saturated carbocycles. The SMILES string of the molecule is CC(=O)N1CCCC2(CCc3c(N(C)Cc4ncc[nH]4)nc(C(C)(C)C)nc32)C1. The summed E-state index contributed by atoms with van der Waals surface area (Å²) in [5.74, 6) is 2.97. The molecule has 1 fully saturated rings. The van der Waals surface area contributed by atoms with Crippen molar-refractivity contribution in [3.63, 3.8) is 0 Å². The van der Waals surface area contributed by atoms with Crippen molar-refractivity contribution < 1.29 is 4.79 Å². The fraction of sp³-hybridized carbons (Fsp3) is 0.636. The second-order valence-electron chi connectivity index (χ2n) is 9.66. The van der Waals surface area contributed by atoms with Crippen LogP contribution in [0.15, 0.2) is 12.4 Å². The summed E-state index contributed by atoms with van der Waals surface area (Å²) in [6.45, 7) is 10.5. The molecule has 2 aromatic rings. The average Bonchev–Trinajstić information content (AvgIpc) is 3.29. The summed E-state index contributed by atoms with van der Waals surface area (Å²) >= 11 is 0. The highest BCUT2D eigenvalue weighted by Gasteiger charge is 2.46. The lowest BCUT2D eigenvalue weighted by Gasteiger charge is -2.40. The Hall–Kier alpha value is -2.44. The Kier molecular flexibility index (Phi) is 4.87. The number of fused-ring (bicyclic) bond motifs is 2. The molecule has 29 heavy (non-hydrogen) atoms. The number of imidazole rings is 1. The molecule has 7 heteroatoms. The van der Waals surface area contributed by atoms with Gasteiger partial charge < -0.3 is 14.8 Å². The van der Waals surface area contributed by atoms with E-state index in [0.29, 0.717) is 6.54 Å². The zero-order chi connectivity index (χ0) is 20.8. The molecular weight excluding hydrogens is 364 g/mol. The smallest absolute Gasteiger partial charge is 0.219 e. The molecule has 0 aromatic carbocycles. The van der Waals surface area contributed by atoms with Gasteiger partial charge in [-0.1, -0.05) is 20.8 Å². The Morgan fingerprint density at radius 3 is 2.76 bits per heavy atom. The molecule has 4 rings (SSSR count). The van der Waals surface area contributed by atoms with Crippen LogP contribution in [0.4, 0.5) is 5.82 Å². The molecule has 1 unspecified atom stereocenters. The predicted molar refractivity (Wildman–Crippen MR) is 113 cm³/mol. The quantitative estimate of drug-likeness (QED) is 0.863. The Bertz CT molecular complexity index is 901. The third-order valence-electron chi connectivity index (χ3n) is 6.34. The zero-order valence-electron chi connectivity index (χ0n) is 18.2. The first-order valence-electron chi connectivity index (χ1n) is 10.6. The normalized spacial score (nSPS) is 21.5. The van der Waals surface area contributed by atoms with E-state index in [2.05, 4.69) is 42.7 Å². The number of anilines is 1. The van der Waals surface area contributed by atoms with Crippen LogP contribution in [0.5, 0.6) is 0 Å².